The predicted molar refractivity (Wildman–Crippen MR) is 148 cm³/mol. The summed E-state index contributed by atoms with van der Waals surface area (Å²) in [6.07, 6.45) is 5.60. The Morgan fingerprint density at radius 1 is 1.15 bits per heavy atom. The molecule has 1 saturated heterocycles. The maximum atomic E-state index is 13.7. The molecule has 206 valence electrons. The molecule has 1 aromatic carbocycles. The molecule has 5 rings (SSSR count). The maximum absolute atomic E-state index is 13.7. The van der Waals surface area contributed by atoms with Crippen LogP contribution in [-0.2, 0) is 11.8 Å². The zero-order valence-corrected chi connectivity index (χ0v) is 22.8. The van der Waals surface area contributed by atoms with Crippen molar-refractivity contribution in [1.82, 2.24) is 29.5 Å². The molecule has 11 nitrogen and oxygen atoms in total. The Morgan fingerprint density at radius 3 is 2.48 bits per heavy atom. The summed E-state index contributed by atoms with van der Waals surface area (Å²) in [4.78, 5) is 22.6. The highest BCUT2D eigenvalue weighted by atomic mass is 19.1. The Kier molecular flexibility index (Phi) is 6.97. The summed E-state index contributed by atoms with van der Waals surface area (Å²) in [6.45, 7) is 14.8. The third-order valence-corrected chi connectivity index (χ3v) is 6.84. The van der Waals surface area contributed by atoms with Crippen LogP contribution in [0.15, 0.2) is 43.0 Å². The lowest BCUT2D eigenvalue weighted by Crippen LogP contribution is -2.34. The molecule has 0 bridgehead atoms. The summed E-state index contributed by atoms with van der Waals surface area (Å²) in [5.41, 5.74) is 9.00. The Bertz CT molecular complexity index is 1590. The molecule has 0 aliphatic carbocycles. The van der Waals surface area contributed by atoms with Crippen LogP contribution < -0.4 is 10.6 Å². The van der Waals surface area contributed by atoms with Crippen molar-refractivity contribution in [3.63, 3.8) is 0 Å². The van der Waals surface area contributed by atoms with E-state index in [9.17, 15) is 9.18 Å². The van der Waals surface area contributed by atoms with E-state index in [1.165, 1.54) is 18.5 Å². The number of nitrogens with two attached hydrogens (primary N) is 1. The number of carbonyl (C=O) groups is 1. The number of pyridine rings is 1. The highest BCUT2D eigenvalue weighted by Crippen LogP contribution is 2.47. The quantitative estimate of drug-likeness (QED) is 0.276. The molecule has 3 aromatic heterocycles. The number of halogens is 1. The number of anilines is 2. The first kappa shape index (κ1) is 26.8. The molecule has 1 aliphatic heterocycles. The summed E-state index contributed by atoms with van der Waals surface area (Å²) in [5.74, 6) is 0.684. The van der Waals surface area contributed by atoms with Gasteiger partial charge in [-0.1, -0.05) is 12.1 Å². The average molecular weight is 544 g/mol. The molecule has 0 spiro atoms. The van der Waals surface area contributed by atoms with Crippen molar-refractivity contribution in [2.24, 2.45) is 7.05 Å². The lowest BCUT2D eigenvalue weighted by atomic mass is 9.92. The fourth-order valence-electron chi connectivity index (χ4n) is 5.02. The van der Waals surface area contributed by atoms with Crippen molar-refractivity contribution in [3.8, 4) is 22.3 Å². The second-order valence-electron chi connectivity index (χ2n) is 10.8. The molecule has 0 unspecified atom stereocenters. The van der Waals surface area contributed by atoms with Gasteiger partial charge in [-0.3, -0.25) is 0 Å². The van der Waals surface area contributed by atoms with E-state index in [0.717, 1.165) is 28.9 Å². The topological polar surface area (TPSA) is 121 Å². The van der Waals surface area contributed by atoms with Gasteiger partial charge in [-0.05, 0) is 56.9 Å². The number of hydrogen-bond donors (Lipinski definition) is 1. The minimum Gasteiger partial charge on any atom is -0.442 e. The molecule has 12 heteroatoms. The van der Waals surface area contributed by atoms with E-state index in [2.05, 4.69) is 30.0 Å². The monoisotopic (exact) mass is 543 g/mol. The van der Waals surface area contributed by atoms with Gasteiger partial charge in [-0.25, -0.2) is 14.6 Å². The molecule has 4 aromatic rings. The van der Waals surface area contributed by atoms with Crippen molar-refractivity contribution < 1.29 is 13.9 Å². The first-order chi connectivity index (χ1) is 19.1. The molecule has 0 saturated carbocycles. The zero-order valence-electron chi connectivity index (χ0n) is 22.8. The fourth-order valence-corrected chi connectivity index (χ4v) is 5.02. The molecule has 1 fully saturated rings. The summed E-state index contributed by atoms with van der Waals surface area (Å²) >= 11 is 0. The van der Waals surface area contributed by atoms with Crippen molar-refractivity contribution in [2.75, 3.05) is 23.7 Å². The summed E-state index contributed by atoms with van der Waals surface area (Å²) < 4.78 is 22.1. The van der Waals surface area contributed by atoms with Crippen LogP contribution in [0.2, 0.25) is 0 Å². The number of benzene rings is 1. The van der Waals surface area contributed by atoms with E-state index in [-0.39, 0.29) is 11.7 Å². The Morgan fingerprint density at radius 2 is 1.88 bits per heavy atom. The third-order valence-electron chi connectivity index (χ3n) is 6.84. The number of rotatable bonds is 4. The van der Waals surface area contributed by atoms with E-state index < -0.39 is 17.6 Å². The second-order valence-corrected chi connectivity index (χ2v) is 10.8. The van der Waals surface area contributed by atoms with Gasteiger partial charge in [0.05, 0.1) is 12.3 Å². The second kappa shape index (κ2) is 10.4. The van der Waals surface area contributed by atoms with E-state index in [0.29, 0.717) is 41.2 Å². The van der Waals surface area contributed by atoms with Gasteiger partial charge in [-0.15, -0.1) is 15.3 Å². The van der Waals surface area contributed by atoms with Gasteiger partial charge in [0.1, 0.15) is 17.8 Å². The van der Waals surface area contributed by atoms with Gasteiger partial charge >= 0.3 is 6.09 Å². The fraction of sp³-hybridized carbons (Fsp3) is 0.357. The van der Waals surface area contributed by atoms with Crippen LogP contribution >= 0.6 is 0 Å². The number of aromatic nitrogens is 6. The zero-order chi connectivity index (χ0) is 28.6. The highest BCUT2D eigenvalue weighted by molar-refractivity contribution is 5.99. The molecule has 0 radical (unpaired) electrons. The number of nitrogens with zero attached hydrogens (tertiary/aromatic N) is 8. The minimum absolute atomic E-state index is 0.0962. The molecule has 40 heavy (non-hydrogen) atoms. The Balaban J connectivity index is 1.58. The van der Waals surface area contributed by atoms with Crippen molar-refractivity contribution in [2.45, 2.75) is 45.1 Å². The number of piperidine rings is 1. The van der Waals surface area contributed by atoms with E-state index in [1.807, 2.05) is 17.7 Å². The van der Waals surface area contributed by atoms with Crippen LogP contribution in [0.25, 0.3) is 27.1 Å². The molecule has 0 atom stereocenters. The molecule has 4 heterocycles. The van der Waals surface area contributed by atoms with E-state index >= 15 is 0 Å². The maximum Gasteiger partial charge on any atom is 0.435 e. The highest BCUT2D eigenvalue weighted by Gasteiger charge is 2.29. The van der Waals surface area contributed by atoms with Gasteiger partial charge in [0.25, 0.3) is 0 Å². The largest absolute Gasteiger partial charge is 0.442 e. The number of ether oxygens (including phenoxy) is 1. The summed E-state index contributed by atoms with van der Waals surface area (Å²) in [7, 11) is 1.93. The van der Waals surface area contributed by atoms with Crippen LogP contribution in [-0.4, -0.2) is 54.3 Å². The molecule has 2 N–H and O–H groups in total. The van der Waals surface area contributed by atoms with Crippen LogP contribution in [0.1, 0.15) is 45.4 Å². The standard InChI is InChI=1S/C28H30FN9O2/c1-28(2,3)40-27(39)38-15-21(25(30)35-38)20-8-7-19(18-6-9-22(29)32-14-18)24(23(20)31-4)37-12-10-17(11-13-37)26-34-33-16-36(26)5/h6-9,14-17H,10-13H2,1-3,5H3,(H2,30,35). The van der Waals surface area contributed by atoms with Crippen molar-refractivity contribution >= 4 is 23.3 Å². The van der Waals surface area contributed by atoms with Gasteiger partial charge in [-0.2, -0.15) is 9.07 Å². The van der Waals surface area contributed by atoms with Crippen molar-refractivity contribution in [3.05, 3.63) is 66.2 Å². The summed E-state index contributed by atoms with van der Waals surface area (Å²) in [5, 5.41) is 12.5. The van der Waals surface area contributed by atoms with Gasteiger partial charge in [0.15, 0.2) is 5.82 Å². The number of nitrogen functional groups attached to an aromatic ring is 1. The third kappa shape index (κ3) is 5.22. The van der Waals surface area contributed by atoms with Crippen LogP contribution in [0.3, 0.4) is 0 Å². The van der Waals surface area contributed by atoms with E-state index in [4.69, 9.17) is 17.0 Å². The van der Waals surface area contributed by atoms with Crippen LogP contribution in [0.4, 0.5) is 26.4 Å². The lowest BCUT2D eigenvalue weighted by Gasteiger charge is -2.35. The molecular weight excluding hydrogens is 513 g/mol. The first-order valence-electron chi connectivity index (χ1n) is 12.9. The minimum atomic E-state index is -0.714. The molecule has 1 aliphatic rings. The predicted octanol–water partition coefficient (Wildman–Crippen LogP) is 5.18. The SMILES string of the molecule is [C-]#[N+]c1c(-c2cn(C(=O)OC(C)(C)C)nc2N)ccc(-c2ccc(F)nc2)c1N1CCC(c2nncn2C)CC1. The normalized spacial score (nSPS) is 14.2. The number of hydrogen-bond acceptors (Lipinski definition) is 8. The first-order valence-corrected chi connectivity index (χ1v) is 12.9. The smallest absolute Gasteiger partial charge is 0.435 e. The number of aryl methyl sites for hydroxylation is 1. The molecular formula is C28H30FN9O2. The van der Waals surface area contributed by atoms with Gasteiger partial charge < -0.3 is 19.9 Å². The average Bonchev–Trinajstić information content (AvgIpc) is 3.53. The molecule has 0 amide bonds. The van der Waals surface area contributed by atoms with Crippen LogP contribution in [0, 0.1) is 12.5 Å². The van der Waals surface area contributed by atoms with Crippen molar-refractivity contribution in [1.29, 1.82) is 0 Å². The Labute approximate surface area is 231 Å². The van der Waals surface area contributed by atoms with E-state index in [1.54, 1.807) is 39.2 Å². The summed E-state index contributed by atoms with van der Waals surface area (Å²) in [6, 6.07) is 6.59. The van der Waals surface area contributed by atoms with Gasteiger partial charge in [0.2, 0.25) is 11.6 Å². The van der Waals surface area contributed by atoms with Crippen LogP contribution in [0.5, 0.6) is 0 Å². The number of carbonyl (C=O) groups excluding carboxylic acids is 1. The lowest BCUT2D eigenvalue weighted by molar-refractivity contribution is 0.0515. The Hall–Kier alpha value is -4.79. The van der Waals surface area contributed by atoms with Gasteiger partial charge in [0, 0.05) is 49.6 Å².